The van der Waals surface area contributed by atoms with E-state index < -0.39 is 5.60 Å². The van der Waals surface area contributed by atoms with Crippen LogP contribution in [0.3, 0.4) is 0 Å². The summed E-state index contributed by atoms with van der Waals surface area (Å²) in [5, 5.41) is 11.0. The smallest absolute Gasteiger partial charge is 0.223 e. The summed E-state index contributed by atoms with van der Waals surface area (Å²) in [5.74, 6) is 0.112. The van der Waals surface area contributed by atoms with Crippen LogP contribution in [0.15, 0.2) is 54.6 Å². The minimum Gasteiger partial charge on any atom is -0.383 e. The van der Waals surface area contributed by atoms with Crippen LogP contribution in [-0.4, -0.2) is 22.5 Å². The maximum Gasteiger partial charge on any atom is 0.223 e. The van der Waals surface area contributed by atoms with Crippen molar-refractivity contribution >= 4 is 5.91 Å². The van der Waals surface area contributed by atoms with Crippen molar-refractivity contribution in [2.24, 2.45) is 0 Å². The van der Waals surface area contributed by atoms with E-state index >= 15 is 0 Å². The highest BCUT2D eigenvalue weighted by atomic mass is 16.3. The summed E-state index contributed by atoms with van der Waals surface area (Å²) in [7, 11) is 0. The van der Waals surface area contributed by atoms with Gasteiger partial charge in [-0.2, -0.15) is 0 Å². The number of amides is 1. The van der Waals surface area contributed by atoms with Gasteiger partial charge in [0, 0.05) is 13.0 Å². The molecule has 1 aliphatic rings. The zero-order valence-electron chi connectivity index (χ0n) is 12.8. The topological polar surface area (TPSA) is 40.5 Å². The summed E-state index contributed by atoms with van der Waals surface area (Å²) in [6, 6.07) is 17.9. The molecule has 0 aliphatic carbocycles. The van der Waals surface area contributed by atoms with Crippen molar-refractivity contribution in [3.05, 3.63) is 71.3 Å². The van der Waals surface area contributed by atoms with Gasteiger partial charge in [-0.3, -0.25) is 4.79 Å². The number of carbonyl (C=O) groups excluding carboxylic acids is 1. The molecule has 0 spiro atoms. The first kappa shape index (κ1) is 14.8. The Hall–Kier alpha value is -2.13. The molecule has 1 aliphatic heterocycles. The van der Waals surface area contributed by atoms with E-state index in [1.807, 2.05) is 61.5 Å². The van der Waals surface area contributed by atoms with Gasteiger partial charge in [-0.1, -0.05) is 60.2 Å². The van der Waals surface area contributed by atoms with E-state index in [1.165, 1.54) is 5.56 Å². The molecular weight excluding hydrogens is 274 g/mol. The van der Waals surface area contributed by atoms with E-state index in [0.717, 1.165) is 11.1 Å². The fourth-order valence-corrected chi connectivity index (χ4v) is 3.00. The Morgan fingerprint density at radius 1 is 1.09 bits per heavy atom. The molecule has 1 heterocycles. The maximum atomic E-state index is 12.2. The lowest BCUT2D eigenvalue weighted by atomic mass is 9.85. The minimum atomic E-state index is -0.948. The number of benzene rings is 2. The van der Waals surface area contributed by atoms with Gasteiger partial charge in [0.15, 0.2) is 0 Å². The van der Waals surface area contributed by atoms with Crippen LogP contribution in [0.5, 0.6) is 0 Å². The summed E-state index contributed by atoms with van der Waals surface area (Å²) in [6.07, 6.45) is 0.872. The number of aliphatic hydroxyl groups is 1. The second-order valence-corrected chi connectivity index (χ2v) is 6.13. The first-order valence-electron chi connectivity index (χ1n) is 7.68. The molecule has 1 saturated heterocycles. The summed E-state index contributed by atoms with van der Waals surface area (Å²) in [5.41, 5.74) is 2.20. The molecule has 0 radical (unpaired) electrons. The number of rotatable bonds is 3. The molecule has 0 bridgehead atoms. The summed E-state index contributed by atoms with van der Waals surface area (Å²) in [6.45, 7) is 2.93. The highest BCUT2D eigenvalue weighted by Crippen LogP contribution is 2.32. The molecule has 3 heteroatoms. The second kappa shape index (κ2) is 5.93. The van der Waals surface area contributed by atoms with Gasteiger partial charge in [0.05, 0.1) is 6.54 Å². The highest BCUT2D eigenvalue weighted by molar-refractivity contribution is 5.77. The van der Waals surface area contributed by atoms with Gasteiger partial charge in [-0.25, -0.2) is 0 Å². The van der Waals surface area contributed by atoms with Crippen molar-refractivity contribution in [1.29, 1.82) is 0 Å². The number of hydrogen-bond donors (Lipinski definition) is 1. The van der Waals surface area contributed by atoms with Gasteiger partial charge >= 0.3 is 0 Å². The largest absolute Gasteiger partial charge is 0.383 e. The molecule has 3 rings (SSSR count). The molecule has 1 unspecified atom stereocenters. The molecule has 1 atom stereocenters. The number of hydrogen-bond acceptors (Lipinski definition) is 2. The molecule has 114 valence electrons. The van der Waals surface area contributed by atoms with Crippen LogP contribution < -0.4 is 0 Å². The fourth-order valence-electron chi connectivity index (χ4n) is 3.00. The Labute approximate surface area is 131 Å². The zero-order chi connectivity index (χ0) is 15.6. The van der Waals surface area contributed by atoms with Crippen LogP contribution in [-0.2, 0) is 16.9 Å². The van der Waals surface area contributed by atoms with Crippen molar-refractivity contribution in [3.8, 4) is 0 Å². The molecule has 3 nitrogen and oxygen atoms in total. The highest BCUT2D eigenvalue weighted by Gasteiger charge is 2.38. The van der Waals surface area contributed by atoms with Gasteiger partial charge in [-0.15, -0.1) is 0 Å². The number of nitrogens with zero attached hydrogens (tertiary/aromatic N) is 1. The van der Waals surface area contributed by atoms with E-state index in [9.17, 15) is 9.90 Å². The molecular formula is C19H21NO2. The Bertz CT molecular complexity index is 651. The molecule has 1 amide bonds. The van der Waals surface area contributed by atoms with E-state index in [0.29, 0.717) is 25.9 Å². The molecule has 22 heavy (non-hydrogen) atoms. The van der Waals surface area contributed by atoms with E-state index in [-0.39, 0.29) is 5.91 Å². The summed E-state index contributed by atoms with van der Waals surface area (Å²) >= 11 is 0. The molecule has 0 saturated carbocycles. The third kappa shape index (κ3) is 3.04. The van der Waals surface area contributed by atoms with E-state index in [2.05, 4.69) is 0 Å². The Morgan fingerprint density at radius 3 is 2.45 bits per heavy atom. The Kier molecular flexibility index (Phi) is 3.99. The lowest BCUT2D eigenvalue weighted by Gasteiger charge is -2.39. The molecule has 1 fully saturated rings. The number of piperidine rings is 1. The van der Waals surface area contributed by atoms with Gasteiger partial charge in [0.2, 0.25) is 5.91 Å². The third-order valence-corrected chi connectivity index (χ3v) is 4.36. The quantitative estimate of drug-likeness (QED) is 0.945. The van der Waals surface area contributed by atoms with E-state index in [1.54, 1.807) is 4.90 Å². The van der Waals surface area contributed by atoms with Crippen molar-refractivity contribution in [1.82, 2.24) is 4.90 Å². The van der Waals surface area contributed by atoms with Crippen LogP contribution in [0.1, 0.15) is 29.5 Å². The zero-order valence-corrected chi connectivity index (χ0v) is 12.8. The van der Waals surface area contributed by atoms with Crippen LogP contribution in [0.2, 0.25) is 0 Å². The predicted molar refractivity (Wildman–Crippen MR) is 86.2 cm³/mol. The van der Waals surface area contributed by atoms with Crippen LogP contribution in [0.25, 0.3) is 0 Å². The Balaban J connectivity index is 1.80. The second-order valence-electron chi connectivity index (χ2n) is 6.13. The van der Waals surface area contributed by atoms with Crippen molar-refractivity contribution < 1.29 is 9.90 Å². The number of carbonyl (C=O) groups is 1. The number of likely N-dealkylation sites (tertiary alicyclic amines) is 1. The van der Waals surface area contributed by atoms with Gasteiger partial charge < -0.3 is 10.0 Å². The standard InChI is InChI=1S/C19H21NO2/c1-15-7-9-17(10-8-15)19(22)12-11-18(21)20(14-19)13-16-5-3-2-4-6-16/h2-10,22H,11-14H2,1H3. The van der Waals surface area contributed by atoms with Crippen LogP contribution in [0, 0.1) is 6.92 Å². The molecule has 2 aromatic rings. The van der Waals surface area contributed by atoms with Gasteiger partial charge in [0.1, 0.15) is 5.60 Å². The monoisotopic (exact) mass is 295 g/mol. The predicted octanol–water partition coefficient (Wildman–Crippen LogP) is 3.01. The number of aryl methyl sites for hydroxylation is 1. The average Bonchev–Trinajstić information content (AvgIpc) is 2.53. The maximum absolute atomic E-state index is 12.2. The van der Waals surface area contributed by atoms with Gasteiger partial charge in [0.25, 0.3) is 0 Å². The normalized spacial score (nSPS) is 21.9. The lowest BCUT2D eigenvalue weighted by molar-refractivity contribution is -0.144. The Morgan fingerprint density at radius 2 is 1.77 bits per heavy atom. The molecule has 0 aromatic heterocycles. The van der Waals surface area contributed by atoms with Crippen LogP contribution >= 0.6 is 0 Å². The lowest BCUT2D eigenvalue weighted by Crippen LogP contribution is -2.48. The SMILES string of the molecule is Cc1ccc(C2(O)CCC(=O)N(Cc3ccccc3)C2)cc1. The van der Waals surface area contributed by atoms with Crippen molar-refractivity contribution in [2.45, 2.75) is 31.9 Å². The average molecular weight is 295 g/mol. The van der Waals surface area contributed by atoms with E-state index in [4.69, 9.17) is 0 Å². The van der Waals surface area contributed by atoms with Crippen LogP contribution in [0.4, 0.5) is 0 Å². The van der Waals surface area contributed by atoms with Crippen molar-refractivity contribution in [2.75, 3.05) is 6.54 Å². The molecule has 1 N–H and O–H groups in total. The third-order valence-electron chi connectivity index (χ3n) is 4.36. The minimum absolute atomic E-state index is 0.112. The summed E-state index contributed by atoms with van der Waals surface area (Å²) in [4.78, 5) is 13.9. The first-order valence-corrected chi connectivity index (χ1v) is 7.68. The first-order chi connectivity index (χ1) is 10.6. The van der Waals surface area contributed by atoms with Crippen molar-refractivity contribution in [3.63, 3.8) is 0 Å². The number of β-amino-alcohol motifs (C(OH)–C–C–N with tert-alkyl or cyclic N) is 1. The summed E-state index contributed by atoms with van der Waals surface area (Å²) < 4.78 is 0. The molecule has 2 aromatic carbocycles. The fraction of sp³-hybridized carbons (Fsp3) is 0.316. The van der Waals surface area contributed by atoms with Gasteiger partial charge in [-0.05, 0) is 24.5 Å².